The smallest absolute Gasteiger partial charge is 0.173 e. The summed E-state index contributed by atoms with van der Waals surface area (Å²) in [6, 6.07) is 10.1. The summed E-state index contributed by atoms with van der Waals surface area (Å²) in [4.78, 5) is 2.29. The first-order valence-electron chi connectivity index (χ1n) is 5.73. The van der Waals surface area contributed by atoms with Crippen LogP contribution in [0, 0.1) is 0 Å². The zero-order chi connectivity index (χ0) is 11.6. The lowest BCUT2D eigenvalue weighted by Crippen LogP contribution is -2.44. The zero-order valence-corrected chi connectivity index (χ0v) is 10.7. The van der Waals surface area contributed by atoms with Gasteiger partial charge in [-0.25, -0.2) is 0 Å². The van der Waals surface area contributed by atoms with Crippen LogP contribution in [-0.2, 0) is 0 Å². The Morgan fingerprint density at radius 1 is 1.31 bits per heavy atom. The zero-order valence-electron chi connectivity index (χ0n) is 9.86. The van der Waals surface area contributed by atoms with Crippen LogP contribution in [0.15, 0.2) is 30.3 Å². The number of nitrogens with one attached hydrogen (secondary N) is 1. The number of thiocarbonyl (C=S) groups is 1. The summed E-state index contributed by atoms with van der Waals surface area (Å²) in [5, 5.41) is 4.14. The number of hydrogen-bond donors (Lipinski definition) is 1. The summed E-state index contributed by atoms with van der Waals surface area (Å²) in [5.41, 5.74) is 1.26. The van der Waals surface area contributed by atoms with Crippen LogP contribution >= 0.6 is 12.2 Å². The monoisotopic (exact) mass is 234 g/mol. The van der Waals surface area contributed by atoms with Gasteiger partial charge in [0.2, 0.25) is 0 Å². The van der Waals surface area contributed by atoms with E-state index in [0.29, 0.717) is 0 Å². The minimum absolute atomic E-state index is 0.193. The molecule has 1 aromatic rings. The molecule has 0 unspecified atom stereocenters. The van der Waals surface area contributed by atoms with Crippen molar-refractivity contribution in [2.45, 2.75) is 32.2 Å². The van der Waals surface area contributed by atoms with Crippen LogP contribution in [0.25, 0.3) is 0 Å². The van der Waals surface area contributed by atoms with E-state index in [1.54, 1.807) is 0 Å². The lowest BCUT2D eigenvalue weighted by atomic mass is 10.0. The number of para-hydroxylation sites is 1. The molecule has 0 radical (unpaired) electrons. The van der Waals surface area contributed by atoms with E-state index in [0.717, 1.165) is 17.3 Å². The van der Waals surface area contributed by atoms with Gasteiger partial charge in [0.1, 0.15) is 0 Å². The Hall–Kier alpha value is -1.09. The van der Waals surface area contributed by atoms with Gasteiger partial charge in [-0.1, -0.05) is 18.2 Å². The average molecular weight is 234 g/mol. The van der Waals surface area contributed by atoms with Gasteiger partial charge < -0.3 is 10.2 Å². The highest BCUT2D eigenvalue weighted by Crippen LogP contribution is 2.28. The summed E-state index contributed by atoms with van der Waals surface area (Å²) in [5.74, 6) is 0. The molecule has 0 saturated carbocycles. The summed E-state index contributed by atoms with van der Waals surface area (Å²) < 4.78 is 0. The Kier molecular flexibility index (Phi) is 3.15. The maximum Gasteiger partial charge on any atom is 0.173 e. The second-order valence-corrected chi connectivity index (χ2v) is 5.25. The van der Waals surface area contributed by atoms with Crippen molar-refractivity contribution in [2.75, 3.05) is 11.9 Å². The second kappa shape index (κ2) is 4.42. The molecule has 0 amide bonds. The minimum Gasteiger partial charge on any atom is -0.344 e. The van der Waals surface area contributed by atoms with E-state index >= 15 is 0 Å². The van der Waals surface area contributed by atoms with Gasteiger partial charge in [-0.15, -0.1) is 0 Å². The standard InChI is InChI=1S/C13H18N2S/c1-13(2)9-6-10-15(13)12(16)14-11-7-4-3-5-8-11/h3-5,7-8H,6,9-10H2,1-2H3,(H,14,16). The molecule has 1 fully saturated rings. The van der Waals surface area contributed by atoms with Gasteiger partial charge in [0.05, 0.1) is 0 Å². The SMILES string of the molecule is CC1(C)CCCN1C(=S)Nc1ccccc1. The largest absolute Gasteiger partial charge is 0.344 e. The predicted molar refractivity (Wildman–Crippen MR) is 72.7 cm³/mol. The van der Waals surface area contributed by atoms with Crippen LogP contribution in [0.3, 0.4) is 0 Å². The number of rotatable bonds is 1. The van der Waals surface area contributed by atoms with Gasteiger partial charge in [-0.3, -0.25) is 0 Å². The van der Waals surface area contributed by atoms with Gasteiger partial charge in [0, 0.05) is 17.8 Å². The van der Waals surface area contributed by atoms with E-state index in [2.05, 4.69) is 24.1 Å². The molecule has 2 nitrogen and oxygen atoms in total. The van der Waals surface area contributed by atoms with Gasteiger partial charge in [0.15, 0.2) is 5.11 Å². The molecule has 3 heteroatoms. The Morgan fingerprint density at radius 3 is 2.56 bits per heavy atom. The van der Waals surface area contributed by atoms with E-state index in [1.165, 1.54) is 12.8 Å². The summed E-state index contributed by atoms with van der Waals surface area (Å²) in [6.07, 6.45) is 2.44. The van der Waals surface area contributed by atoms with E-state index in [-0.39, 0.29) is 5.54 Å². The van der Waals surface area contributed by atoms with Crippen LogP contribution in [0.1, 0.15) is 26.7 Å². The molecular weight excluding hydrogens is 216 g/mol. The number of nitrogens with zero attached hydrogens (tertiary/aromatic N) is 1. The molecule has 1 saturated heterocycles. The highest BCUT2D eigenvalue weighted by Gasteiger charge is 2.33. The average Bonchev–Trinajstić information content (AvgIpc) is 2.59. The van der Waals surface area contributed by atoms with Crippen molar-refractivity contribution in [3.05, 3.63) is 30.3 Å². The van der Waals surface area contributed by atoms with Crippen LogP contribution in [0.4, 0.5) is 5.69 Å². The van der Waals surface area contributed by atoms with Gasteiger partial charge >= 0.3 is 0 Å². The number of benzene rings is 1. The number of anilines is 1. The van der Waals surface area contributed by atoms with Crippen molar-refractivity contribution in [1.82, 2.24) is 4.90 Å². The Labute approximate surface area is 103 Å². The predicted octanol–water partition coefficient (Wildman–Crippen LogP) is 3.26. The molecule has 0 aliphatic carbocycles. The second-order valence-electron chi connectivity index (χ2n) is 4.86. The Bertz CT molecular complexity index is 373. The first-order chi connectivity index (χ1) is 7.59. The Balaban J connectivity index is 2.04. The van der Waals surface area contributed by atoms with E-state index in [9.17, 15) is 0 Å². The van der Waals surface area contributed by atoms with Crippen molar-refractivity contribution in [1.29, 1.82) is 0 Å². The summed E-state index contributed by atoms with van der Waals surface area (Å²) in [6.45, 7) is 5.56. The highest BCUT2D eigenvalue weighted by molar-refractivity contribution is 7.80. The third-order valence-corrected chi connectivity index (χ3v) is 3.49. The molecule has 1 aromatic carbocycles. The van der Waals surface area contributed by atoms with Crippen LogP contribution < -0.4 is 5.32 Å². The molecule has 1 aliphatic heterocycles. The third kappa shape index (κ3) is 2.35. The lowest BCUT2D eigenvalue weighted by molar-refractivity contribution is 0.286. The molecule has 0 bridgehead atoms. The molecule has 2 rings (SSSR count). The molecule has 86 valence electrons. The van der Waals surface area contributed by atoms with Gasteiger partial charge in [-0.05, 0) is 51.0 Å². The minimum atomic E-state index is 0.193. The van der Waals surface area contributed by atoms with Crippen molar-refractivity contribution in [2.24, 2.45) is 0 Å². The third-order valence-electron chi connectivity index (χ3n) is 3.17. The van der Waals surface area contributed by atoms with Crippen molar-refractivity contribution < 1.29 is 0 Å². The summed E-state index contributed by atoms with van der Waals surface area (Å²) in [7, 11) is 0. The quantitative estimate of drug-likeness (QED) is 0.751. The normalized spacial score (nSPS) is 18.5. The van der Waals surface area contributed by atoms with E-state index < -0.39 is 0 Å². The maximum absolute atomic E-state index is 5.46. The number of likely N-dealkylation sites (tertiary alicyclic amines) is 1. The highest BCUT2D eigenvalue weighted by atomic mass is 32.1. The fourth-order valence-electron chi connectivity index (χ4n) is 2.20. The molecular formula is C13H18N2S. The fraction of sp³-hybridized carbons (Fsp3) is 0.462. The summed E-state index contributed by atoms with van der Waals surface area (Å²) >= 11 is 5.46. The maximum atomic E-state index is 5.46. The topological polar surface area (TPSA) is 15.3 Å². The molecule has 0 atom stereocenters. The van der Waals surface area contributed by atoms with Crippen molar-refractivity contribution in [3.63, 3.8) is 0 Å². The van der Waals surface area contributed by atoms with Gasteiger partial charge in [0.25, 0.3) is 0 Å². The molecule has 16 heavy (non-hydrogen) atoms. The van der Waals surface area contributed by atoms with Crippen LogP contribution in [-0.4, -0.2) is 22.1 Å². The lowest BCUT2D eigenvalue weighted by Gasteiger charge is -2.34. The Morgan fingerprint density at radius 2 is 2.00 bits per heavy atom. The molecule has 0 aromatic heterocycles. The van der Waals surface area contributed by atoms with Gasteiger partial charge in [-0.2, -0.15) is 0 Å². The molecule has 0 spiro atoms. The first kappa shape index (κ1) is 11.4. The van der Waals surface area contributed by atoms with Crippen LogP contribution in [0.2, 0.25) is 0 Å². The van der Waals surface area contributed by atoms with Crippen molar-refractivity contribution >= 4 is 23.0 Å². The number of hydrogen-bond acceptors (Lipinski definition) is 1. The molecule has 1 N–H and O–H groups in total. The van der Waals surface area contributed by atoms with E-state index in [4.69, 9.17) is 12.2 Å². The fourth-order valence-corrected chi connectivity index (χ4v) is 2.65. The molecule has 1 heterocycles. The van der Waals surface area contributed by atoms with E-state index in [1.807, 2.05) is 30.3 Å². The van der Waals surface area contributed by atoms with Crippen molar-refractivity contribution in [3.8, 4) is 0 Å². The van der Waals surface area contributed by atoms with Crippen LogP contribution in [0.5, 0.6) is 0 Å². The first-order valence-corrected chi connectivity index (χ1v) is 6.14. The molecule has 1 aliphatic rings.